The number of benzene rings is 1. The average molecular weight is 294 g/mol. The van der Waals surface area contributed by atoms with Crippen molar-refractivity contribution in [1.29, 1.82) is 0 Å². The molecule has 0 aliphatic heterocycles. The number of likely N-dealkylation sites (N-methyl/N-ethyl adjacent to an activating group) is 1. The van der Waals surface area contributed by atoms with Crippen LogP contribution in [0.1, 0.15) is 22.2 Å². The number of nitrogens with one attached hydrogen (secondary N) is 2. The highest BCUT2D eigenvalue weighted by Gasteiger charge is 2.24. The van der Waals surface area contributed by atoms with Crippen molar-refractivity contribution in [1.82, 2.24) is 10.6 Å². The fraction of sp³-hybridized carbons (Fsp3) is 0.143. The summed E-state index contributed by atoms with van der Waals surface area (Å²) in [6, 6.07) is 4.74. The van der Waals surface area contributed by atoms with E-state index in [9.17, 15) is 18.4 Å². The van der Waals surface area contributed by atoms with Gasteiger partial charge in [0.1, 0.15) is 6.04 Å². The van der Waals surface area contributed by atoms with Crippen molar-refractivity contribution < 1.29 is 22.8 Å². The minimum Gasteiger partial charge on any atom is -0.459 e. The Morgan fingerprint density at radius 1 is 1.19 bits per heavy atom. The summed E-state index contributed by atoms with van der Waals surface area (Å²) >= 11 is 0. The molecule has 0 bridgehead atoms. The van der Waals surface area contributed by atoms with Crippen LogP contribution >= 0.6 is 0 Å². The number of hydrogen-bond donors (Lipinski definition) is 2. The van der Waals surface area contributed by atoms with Gasteiger partial charge >= 0.3 is 0 Å². The second-order valence-corrected chi connectivity index (χ2v) is 4.17. The predicted molar refractivity (Wildman–Crippen MR) is 69.3 cm³/mol. The predicted octanol–water partition coefficient (Wildman–Crippen LogP) is 1.77. The molecule has 0 aliphatic carbocycles. The van der Waals surface area contributed by atoms with Gasteiger partial charge in [0, 0.05) is 7.05 Å². The molecule has 21 heavy (non-hydrogen) atoms. The van der Waals surface area contributed by atoms with E-state index in [2.05, 4.69) is 10.6 Å². The summed E-state index contributed by atoms with van der Waals surface area (Å²) in [5.74, 6) is -3.34. The number of amides is 2. The zero-order valence-corrected chi connectivity index (χ0v) is 11.0. The van der Waals surface area contributed by atoms with Gasteiger partial charge in [-0.1, -0.05) is 6.07 Å². The van der Waals surface area contributed by atoms with Crippen molar-refractivity contribution in [2.75, 3.05) is 7.05 Å². The monoisotopic (exact) mass is 294 g/mol. The summed E-state index contributed by atoms with van der Waals surface area (Å²) in [6.45, 7) is 0. The normalized spacial score (nSPS) is 11.8. The molecule has 0 saturated carbocycles. The number of rotatable bonds is 4. The summed E-state index contributed by atoms with van der Waals surface area (Å²) in [7, 11) is 1.37. The van der Waals surface area contributed by atoms with Crippen LogP contribution in [0.25, 0.3) is 0 Å². The molecule has 5 nitrogen and oxygen atoms in total. The standard InChI is InChI=1S/C14H12F2N2O3/c1-17-14(20)12(8-4-5-9(15)10(16)7-8)18-13(19)11-3-2-6-21-11/h2-7,12H,1H3,(H,17,20)(H,18,19). The minimum atomic E-state index is -1.16. The minimum absolute atomic E-state index is 0.00601. The molecule has 110 valence electrons. The molecular weight excluding hydrogens is 282 g/mol. The fourth-order valence-corrected chi connectivity index (χ4v) is 1.75. The first-order valence-corrected chi connectivity index (χ1v) is 6.04. The second-order valence-electron chi connectivity index (χ2n) is 4.17. The van der Waals surface area contributed by atoms with Crippen molar-refractivity contribution in [2.45, 2.75) is 6.04 Å². The molecule has 1 aromatic heterocycles. The highest BCUT2D eigenvalue weighted by Crippen LogP contribution is 2.17. The highest BCUT2D eigenvalue weighted by atomic mass is 19.2. The lowest BCUT2D eigenvalue weighted by Crippen LogP contribution is -2.39. The van der Waals surface area contributed by atoms with Gasteiger partial charge in [0.2, 0.25) is 5.91 Å². The highest BCUT2D eigenvalue weighted by molar-refractivity contribution is 5.95. The maximum Gasteiger partial charge on any atom is 0.287 e. The Morgan fingerprint density at radius 3 is 2.52 bits per heavy atom. The smallest absolute Gasteiger partial charge is 0.287 e. The van der Waals surface area contributed by atoms with Crippen molar-refractivity contribution in [3.63, 3.8) is 0 Å². The molecule has 1 atom stereocenters. The van der Waals surface area contributed by atoms with E-state index in [1.165, 1.54) is 31.5 Å². The van der Waals surface area contributed by atoms with Gasteiger partial charge in [0.05, 0.1) is 6.26 Å². The van der Waals surface area contributed by atoms with Crippen molar-refractivity contribution >= 4 is 11.8 Å². The van der Waals surface area contributed by atoms with Crippen molar-refractivity contribution in [3.05, 3.63) is 59.6 Å². The lowest BCUT2D eigenvalue weighted by molar-refractivity contribution is -0.122. The van der Waals surface area contributed by atoms with Crippen LogP contribution in [-0.4, -0.2) is 18.9 Å². The number of halogens is 2. The van der Waals surface area contributed by atoms with Crippen LogP contribution < -0.4 is 10.6 Å². The number of carbonyl (C=O) groups is 2. The molecule has 0 radical (unpaired) electrons. The Balaban J connectivity index is 2.28. The summed E-state index contributed by atoms with van der Waals surface area (Å²) in [6.07, 6.45) is 1.31. The molecule has 2 rings (SSSR count). The van der Waals surface area contributed by atoms with E-state index in [0.717, 1.165) is 12.1 Å². The molecule has 1 unspecified atom stereocenters. The van der Waals surface area contributed by atoms with Crippen molar-refractivity contribution in [2.24, 2.45) is 0 Å². The molecule has 2 amide bonds. The third kappa shape index (κ3) is 3.25. The summed E-state index contributed by atoms with van der Waals surface area (Å²) in [4.78, 5) is 23.8. The summed E-state index contributed by atoms with van der Waals surface area (Å²) < 4.78 is 31.1. The Hall–Kier alpha value is -2.70. The molecule has 0 fully saturated rings. The summed E-state index contributed by atoms with van der Waals surface area (Å²) in [5, 5.41) is 4.75. The Morgan fingerprint density at radius 2 is 1.95 bits per heavy atom. The van der Waals surface area contributed by atoms with E-state index in [4.69, 9.17) is 4.42 Å². The van der Waals surface area contributed by atoms with Gasteiger partial charge in [-0.25, -0.2) is 8.78 Å². The molecule has 0 spiro atoms. The number of hydrogen-bond acceptors (Lipinski definition) is 3. The van der Waals surface area contributed by atoms with E-state index < -0.39 is 29.5 Å². The van der Waals surface area contributed by atoms with Crippen LogP contribution in [0.5, 0.6) is 0 Å². The van der Waals surface area contributed by atoms with E-state index in [-0.39, 0.29) is 11.3 Å². The maximum absolute atomic E-state index is 13.3. The van der Waals surface area contributed by atoms with E-state index in [1.807, 2.05) is 0 Å². The van der Waals surface area contributed by atoms with E-state index in [0.29, 0.717) is 0 Å². The third-order valence-electron chi connectivity index (χ3n) is 2.81. The molecule has 7 heteroatoms. The largest absolute Gasteiger partial charge is 0.459 e. The van der Waals surface area contributed by atoms with Gasteiger partial charge in [0.25, 0.3) is 5.91 Å². The number of carbonyl (C=O) groups excluding carboxylic acids is 2. The van der Waals surface area contributed by atoms with Gasteiger partial charge in [-0.3, -0.25) is 9.59 Å². The van der Waals surface area contributed by atoms with Crippen molar-refractivity contribution in [3.8, 4) is 0 Å². The third-order valence-corrected chi connectivity index (χ3v) is 2.81. The van der Waals surface area contributed by atoms with Gasteiger partial charge in [-0.05, 0) is 29.8 Å². The summed E-state index contributed by atoms with van der Waals surface area (Å²) in [5.41, 5.74) is 0.119. The first-order chi connectivity index (χ1) is 10.0. The Kier molecular flexibility index (Phi) is 4.32. The second kappa shape index (κ2) is 6.17. The zero-order chi connectivity index (χ0) is 15.4. The van der Waals surface area contributed by atoms with E-state index in [1.54, 1.807) is 0 Å². The first kappa shape index (κ1) is 14.7. The van der Waals surface area contributed by atoms with E-state index >= 15 is 0 Å². The van der Waals surface area contributed by atoms with Gasteiger partial charge in [0.15, 0.2) is 17.4 Å². The Labute approximate surface area is 118 Å². The molecule has 1 aromatic carbocycles. The fourth-order valence-electron chi connectivity index (χ4n) is 1.75. The SMILES string of the molecule is CNC(=O)C(NC(=O)c1ccco1)c1ccc(F)c(F)c1. The quantitative estimate of drug-likeness (QED) is 0.903. The molecule has 0 aliphatic rings. The van der Waals surface area contributed by atoms with Gasteiger partial charge in [-0.15, -0.1) is 0 Å². The van der Waals surface area contributed by atoms with Gasteiger partial charge < -0.3 is 15.1 Å². The molecular formula is C14H12F2N2O3. The van der Waals surface area contributed by atoms with Crippen LogP contribution in [0.3, 0.4) is 0 Å². The molecule has 2 N–H and O–H groups in total. The maximum atomic E-state index is 13.3. The molecule has 2 aromatic rings. The average Bonchev–Trinajstić information content (AvgIpc) is 3.01. The van der Waals surface area contributed by atoms with Crippen LogP contribution in [0.15, 0.2) is 41.0 Å². The first-order valence-electron chi connectivity index (χ1n) is 6.04. The number of furan rings is 1. The lowest BCUT2D eigenvalue weighted by atomic mass is 10.1. The van der Waals surface area contributed by atoms with Crippen LogP contribution in [0.2, 0.25) is 0 Å². The lowest BCUT2D eigenvalue weighted by Gasteiger charge is -2.17. The topological polar surface area (TPSA) is 71.3 Å². The van der Waals surface area contributed by atoms with Crippen LogP contribution in [0, 0.1) is 11.6 Å². The zero-order valence-electron chi connectivity index (χ0n) is 11.0. The van der Waals surface area contributed by atoms with Gasteiger partial charge in [-0.2, -0.15) is 0 Å². The molecule has 1 heterocycles. The van der Waals surface area contributed by atoms with Crippen LogP contribution in [0.4, 0.5) is 8.78 Å². The Bertz CT molecular complexity index is 656. The van der Waals surface area contributed by atoms with Crippen LogP contribution in [-0.2, 0) is 4.79 Å². The molecule has 0 saturated heterocycles.